The number of fused-ring (bicyclic) bond motifs is 1. The van der Waals surface area contributed by atoms with Crippen molar-refractivity contribution in [3.63, 3.8) is 0 Å². The van der Waals surface area contributed by atoms with Crippen molar-refractivity contribution in [1.29, 1.82) is 0 Å². The van der Waals surface area contributed by atoms with Crippen molar-refractivity contribution in [3.8, 4) is 0 Å². The molecule has 2 aromatic heterocycles. The van der Waals surface area contributed by atoms with Gasteiger partial charge in [-0.15, -0.1) is 0 Å². The van der Waals surface area contributed by atoms with Crippen molar-refractivity contribution < 1.29 is 27.2 Å². The first kappa shape index (κ1) is 26.1. The first-order valence-corrected chi connectivity index (χ1v) is 12.0. The Morgan fingerprint density at radius 2 is 1.73 bits per heavy atom. The van der Waals surface area contributed by atoms with E-state index in [9.17, 15) is 22.8 Å². The van der Waals surface area contributed by atoms with Gasteiger partial charge in [-0.25, -0.2) is 0 Å². The molecule has 4 aromatic rings. The fraction of sp³-hybridized carbons (Fsp3) is 0.286. The quantitative estimate of drug-likeness (QED) is 0.304. The van der Waals surface area contributed by atoms with Crippen LogP contribution in [0.4, 0.5) is 13.2 Å². The molecule has 0 spiro atoms. The lowest BCUT2D eigenvalue weighted by Gasteiger charge is -2.29. The van der Waals surface area contributed by atoms with Crippen LogP contribution in [0.2, 0.25) is 0 Å². The van der Waals surface area contributed by atoms with Gasteiger partial charge in [-0.2, -0.15) is 13.2 Å². The van der Waals surface area contributed by atoms with Gasteiger partial charge in [0, 0.05) is 36.2 Å². The minimum Gasteiger partial charge on any atom is -0.459 e. The van der Waals surface area contributed by atoms with Crippen molar-refractivity contribution >= 4 is 22.7 Å². The van der Waals surface area contributed by atoms with Crippen molar-refractivity contribution in [1.82, 2.24) is 14.8 Å². The molecule has 1 N–H and O–H groups in total. The van der Waals surface area contributed by atoms with E-state index in [4.69, 9.17) is 4.42 Å². The van der Waals surface area contributed by atoms with Gasteiger partial charge >= 0.3 is 6.18 Å². The molecule has 2 amide bonds. The van der Waals surface area contributed by atoms with Crippen molar-refractivity contribution in [2.45, 2.75) is 39.0 Å². The standard InChI is InChI=1S/C28H28F3N3O3/c1-19(2)34(27(36)25-8-5-15-37-25)18-26(35)33(17-20-9-11-22(12-10-20)28(29,30)31)14-13-21-16-32-24-7-4-3-6-23(21)24/h3-12,15-16,19,32H,13-14,17-18H2,1-2H3. The van der Waals surface area contributed by atoms with E-state index >= 15 is 0 Å². The van der Waals surface area contributed by atoms with E-state index in [0.29, 0.717) is 18.5 Å². The monoisotopic (exact) mass is 511 g/mol. The van der Waals surface area contributed by atoms with Gasteiger partial charge in [0.05, 0.1) is 11.8 Å². The highest BCUT2D eigenvalue weighted by Gasteiger charge is 2.30. The maximum Gasteiger partial charge on any atom is 0.416 e. The Morgan fingerprint density at radius 1 is 1.00 bits per heavy atom. The molecule has 4 rings (SSSR count). The van der Waals surface area contributed by atoms with Crippen LogP contribution in [0.5, 0.6) is 0 Å². The topological polar surface area (TPSA) is 69.6 Å². The van der Waals surface area contributed by atoms with E-state index in [0.717, 1.165) is 28.6 Å². The van der Waals surface area contributed by atoms with E-state index in [-0.39, 0.29) is 30.8 Å². The molecule has 194 valence electrons. The molecule has 0 radical (unpaired) electrons. The largest absolute Gasteiger partial charge is 0.459 e. The Bertz CT molecular complexity index is 1340. The third kappa shape index (κ3) is 6.22. The highest BCUT2D eigenvalue weighted by atomic mass is 19.4. The minimum absolute atomic E-state index is 0.111. The lowest BCUT2D eigenvalue weighted by Crippen LogP contribution is -2.46. The summed E-state index contributed by atoms with van der Waals surface area (Å²) in [7, 11) is 0. The van der Waals surface area contributed by atoms with Gasteiger partial charge in [-0.05, 0) is 61.7 Å². The first-order chi connectivity index (χ1) is 17.6. The number of aromatic nitrogens is 1. The summed E-state index contributed by atoms with van der Waals surface area (Å²) in [6.07, 6.45) is -0.616. The third-order valence-electron chi connectivity index (χ3n) is 6.26. The van der Waals surface area contributed by atoms with Crippen LogP contribution in [0.25, 0.3) is 10.9 Å². The molecule has 0 fully saturated rings. The van der Waals surface area contributed by atoms with E-state index in [2.05, 4.69) is 4.98 Å². The van der Waals surface area contributed by atoms with E-state index in [1.54, 1.807) is 30.9 Å². The zero-order valence-electron chi connectivity index (χ0n) is 20.6. The van der Waals surface area contributed by atoms with Gasteiger partial charge < -0.3 is 19.2 Å². The Labute approximate surface area is 212 Å². The summed E-state index contributed by atoms with van der Waals surface area (Å²) in [6, 6.07) is 15.5. The number of aromatic amines is 1. The first-order valence-electron chi connectivity index (χ1n) is 12.0. The molecule has 0 aliphatic heterocycles. The molecule has 2 aromatic carbocycles. The number of carbonyl (C=O) groups excluding carboxylic acids is 2. The predicted octanol–water partition coefficient (Wildman–Crippen LogP) is 5.90. The molecule has 37 heavy (non-hydrogen) atoms. The number of amides is 2. The summed E-state index contributed by atoms with van der Waals surface area (Å²) < 4.78 is 44.3. The highest BCUT2D eigenvalue weighted by Crippen LogP contribution is 2.29. The van der Waals surface area contributed by atoms with Crippen LogP contribution in [0.3, 0.4) is 0 Å². The number of halogens is 3. The van der Waals surface area contributed by atoms with Gasteiger partial charge in [-0.1, -0.05) is 30.3 Å². The van der Waals surface area contributed by atoms with Crippen LogP contribution in [0, 0.1) is 0 Å². The number of nitrogens with one attached hydrogen (secondary N) is 1. The number of para-hydroxylation sites is 1. The molecule has 0 atom stereocenters. The molecular formula is C28H28F3N3O3. The lowest BCUT2D eigenvalue weighted by atomic mass is 10.1. The normalized spacial score (nSPS) is 11.7. The highest BCUT2D eigenvalue weighted by molar-refractivity contribution is 5.94. The van der Waals surface area contributed by atoms with Crippen LogP contribution in [0.15, 0.2) is 77.5 Å². The summed E-state index contributed by atoms with van der Waals surface area (Å²) in [5.74, 6) is -0.581. The second-order valence-corrected chi connectivity index (χ2v) is 9.12. The number of hydrogen-bond acceptors (Lipinski definition) is 3. The molecular weight excluding hydrogens is 483 g/mol. The Kier molecular flexibility index (Phi) is 7.71. The number of hydrogen-bond donors (Lipinski definition) is 1. The molecule has 0 aliphatic rings. The SMILES string of the molecule is CC(C)N(CC(=O)N(CCc1c[nH]c2ccccc12)Cc1ccc(C(F)(F)F)cc1)C(=O)c1ccco1. The molecule has 2 heterocycles. The molecule has 0 saturated heterocycles. The smallest absolute Gasteiger partial charge is 0.416 e. The molecule has 0 bridgehead atoms. The molecule has 9 heteroatoms. The number of benzene rings is 2. The fourth-order valence-electron chi connectivity index (χ4n) is 4.18. The Balaban J connectivity index is 1.55. The van der Waals surface area contributed by atoms with Gasteiger partial charge in [0.2, 0.25) is 5.91 Å². The van der Waals surface area contributed by atoms with Crippen LogP contribution in [-0.4, -0.2) is 45.7 Å². The maximum absolute atomic E-state index is 13.5. The average Bonchev–Trinajstić information content (AvgIpc) is 3.55. The summed E-state index contributed by atoms with van der Waals surface area (Å²) in [4.78, 5) is 32.7. The number of furan rings is 1. The van der Waals surface area contributed by atoms with E-state index in [1.165, 1.54) is 23.3 Å². The van der Waals surface area contributed by atoms with Gasteiger partial charge in [-0.3, -0.25) is 9.59 Å². The summed E-state index contributed by atoms with van der Waals surface area (Å²) in [6.45, 7) is 3.86. The number of alkyl halides is 3. The lowest BCUT2D eigenvalue weighted by molar-refractivity contribution is -0.137. The number of nitrogens with zero attached hydrogens (tertiary/aromatic N) is 2. The fourth-order valence-corrected chi connectivity index (χ4v) is 4.18. The zero-order valence-corrected chi connectivity index (χ0v) is 20.6. The minimum atomic E-state index is -4.44. The van der Waals surface area contributed by atoms with Crippen molar-refractivity contribution in [2.75, 3.05) is 13.1 Å². The van der Waals surface area contributed by atoms with Crippen LogP contribution >= 0.6 is 0 Å². The maximum atomic E-state index is 13.5. The summed E-state index contributed by atoms with van der Waals surface area (Å²) in [5, 5.41) is 1.04. The van der Waals surface area contributed by atoms with Gasteiger partial charge in [0.15, 0.2) is 5.76 Å². The van der Waals surface area contributed by atoms with E-state index in [1.807, 2.05) is 30.5 Å². The summed E-state index contributed by atoms with van der Waals surface area (Å²) >= 11 is 0. The van der Waals surface area contributed by atoms with Crippen LogP contribution < -0.4 is 0 Å². The Morgan fingerprint density at radius 3 is 2.38 bits per heavy atom. The molecule has 0 saturated carbocycles. The summed E-state index contributed by atoms with van der Waals surface area (Å²) in [5.41, 5.74) is 1.82. The molecule has 6 nitrogen and oxygen atoms in total. The van der Waals surface area contributed by atoms with Crippen LogP contribution in [-0.2, 0) is 23.9 Å². The second kappa shape index (κ2) is 10.9. The van der Waals surface area contributed by atoms with Crippen molar-refractivity contribution in [3.05, 3.63) is 95.6 Å². The predicted molar refractivity (Wildman–Crippen MR) is 134 cm³/mol. The van der Waals surface area contributed by atoms with Crippen molar-refractivity contribution in [2.24, 2.45) is 0 Å². The number of carbonyl (C=O) groups is 2. The Hall–Kier alpha value is -4.01. The van der Waals surface area contributed by atoms with Gasteiger partial charge in [0.1, 0.15) is 6.54 Å². The zero-order chi connectivity index (χ0) is 26.6. The van der Waals surface area contributed by atoms with Crippen LogP contribution in [0.1, 0.15) is 41.1 Å². The second-order valence-electron chi connectivity index (χ2n) is 9.12. The molecule has 0 unspecified atom stereocenters. The van der Waals surface area contributed by atoms with E-state index < -0.39 is 17.6 Å². The molecule has 0 aliphatic carbocycles. The average molecular weight is 512 g/mol. The number of rotatable bonds is 9. The number of H-pyrrole nitrogens is 1. The van der Waals surface area contributed by atoms with Gasteiger partial charge in [0.25, 0.3) is 5.91 Å². The third-order valence-corrected chi connectivity index (χ3v) is 6.26.